The Kier molecular flexibility index (Phi) is 2.79. The first-order valence-corrected chi connectivity index (χ1v) is 6.40. The van der Waals surface area contributed by atoms with E-state index >= 15 is 0 Å². The second-order valence-corrected chi connectivity index (χ2v) is 5.23. The van der Waals surface area contributed by atoms with Crippen LogP contribution >= 0.6 is 15.9 Å². The number of halogens is 1. The van der Waals surface area contributed by atoms with Crippen molar-refractivity contribution in [2.75, 3.05) is 18.1 Å². The molecule has 0 aliphatic carbocycles. The summed E-state index contributed by atoms with van der Waals surface area (Å²) in [6, 6.07) is 3.69. The van der Waals surface area contributed by atoms with Crippen LogP contribution in [0.1, 0.15) is 6.42 Å². The van der Waals surface area contributed by atoms with Crippen LogP contribution in [0, 0.1) is 5.92 Å². The van der Waals surface area contributed by atoms with E-state index in [9.17, 15) is 4.79 Å². The Hall–Kier alpha value is -1.47. The number of nitrogens with zero attached hydrogens (tertiary/aromatic N) is 4. The molecule has 0 spiro atoms. The largest absolute Gasteiger partial charge is 0.396 e. The summed E-state index contributed by atoms with van der Waals surface area (Å²) in [5.41, 5.74) is 0.680. The van der Waals surface area contributed by atoms with Crippen molar-refractivity contribution < 1.29 is 9.90 Å². The maximum atomic E-state index is 11.8. The summed E-state index contributed by atoms with van der Waals surface area (Å²) in [5.74, 6) is 0.342. The maximum Gasteiger partial charge on any atom is 0.252 e. The van der Waals surface area contributed by atoms with Crippen molar-refractivity contribution in [1.29, 1.82) is 0 Å². The van der Waals surface area contributed by atoms with E-state index in [1.165, 1.54) is 4.90 Å². The highest BCUT2D eigenvalue weighted by atomic mass is 79.9. The van der Waals surface area contributed by atoms with Crippen molar-refractivity contribution in [2.45, 2.75) is 6.42 Å². The van der Waals surface area contributed by atoms with Crippen LogP contribution in [0.3, 0.4) is 0 Å². The van der Waals surface area contributed by atoms with Crippen molar-refractivity contribution in [3.8, 4) is 0 Å². The molecule has 1 saturated heterocycles. The number of aliphatic hydroxyl groups is 1. The number of carbonyl (C=O) groups excluding carboxylic acids is 1. The highest BCUT2D eigenvalue weighted by Crippen LogP contribution is 2.23. The van der Waals surface area contributed by atoms with Gasteiger partial charge in [-0.05, 0) is 12.1 Å². The van der Waals surface area contributed by atoms with Gasteiger partial charge in [-0.25, -0.2) is 4.52 Å². The Morgan fingerprint density at radius 3 is 3.11 bits per heavy atom. The Balaban J connectivity index is 1.97. The second-order valence-electron chi connectivity index (χ2n) is 4.32. The predicted molar refractivity (Wildman–Crippen MR) is 68.2 cm³/mol. The third-order valence-electron chi connectivity index (χ3n) is 2.99. The molecule has 0 saturated carbocycles. The van der Waals surface area contributed by atoms with Gasteiger partial charge >= 0.3 is 0 Å². The summed E-state index contributed by atoms with van der Waals surface area (Å²) in [4.78, 5) is 17.7. The van der Waals surface area contributed by atoms with Crippen molar-refractivity contribution >= 4 is 33.4 Å². The van der Waals surface area contributed by atoms with E-state index in [1.54, 1.807) is 10.7 Å². The Morgan fingerprint density at radius 1 is 1.56 bits per heavy atom. The Bertz CT molecular complexity index is 612. The summed E-state index contributed by atoms with van der Waals surface area (Å²) < 4.78 is 2.54. The summed E-state index contributed by atoms with van der Waals surface area (Å²) in [6.07, 6.45) is 2.13. The molecule has 1 aliphatic rings. The molecular weight excluding hydrogens is 300 g/mol. The SMILES string of the molecule is O=C1CC(CO)CN1c1nc2cc(Br)ccn2n1. The number of amides is 1. The summed E-state index contributed by atoms with van der Waals surface area (Å²) >= 11 is 3.36. The molecule has 1 N–H and O–H groups in total. The molecule has 1 aliphatic heterocycles. The summed E-state index contributed by atoms with van der Waals surface area (Å²) in [5, 5.41) is 13.4. The van der Waals surface area contributed by atoms with Crippen molar-refractivity contribution in [1.82, 2.24) is 14.6 Å². The van der Waals surface area contributed by atoms with Gasteiger partial charge in [0.1, 0.15) is 0 Å². The van der Waals surface area contributed by atoms with Crippen molar-refractivity contribution in [3.05, 3.63) is 22.8 Å². The molecule has 1 unspecified atom stereocenters. The van der Waals surface area contributed by atoms with Crippen LogP contribution in [0.15, 0.2) is 22.8 Å². The standard InChI is InChI=1S/C11H11BrN4O2/c12-8-1-2-16-9(4-8)13-11(14-16)15-5-7(6-17)3-10(15)18/h1-2,4,7,17H,3,5-6H2. The minimum absolute atomic E-state index is 0.0150. The van der Waals surface area contributed by atoms with Gasteiger partial charge in [0, 0.05) is 36.2 Å². The topological polar surface area (TPSA) is 70.7 Å². The fourth-order valence-electron chi connectivity index (χ4n) is 2.06. The molecule has 3 heterocycles. The number of pyridine rings is 1. The Labute approximate surface area is 111 Å². The monoisotopic (exact) mass is 310 g/mol. The van der Waals surface area contributed by atoms with Crippen molar-refractivity contribution in [3.63, 3.8) is 0 Å². The molecule has 0 radical (unpaired) electrons. The predicted octanol–water partition coefficient (Wildman–Crippen LogP) is 0.837. The summed E-state index contributed by atoms with van der Waals surface area (Å²) in [7, 11) is 0. The number of carbonyl (C=O) groups is 1. The third kappa shape index (κ3) is 1.89. The minimum atomic E-state index is -0.0379. The van der Waals surface area contributed by atoms with Gasteiger partial charge in [0.2, 0.25) is 5.91 Å². The molecular formula is C11H11BrN4O2. The van der Waals surface area contributed by atoms with Crippen LogP contribution in [-0.2, 0) is 4.79 Å². The molecule has 7 heteroatoms. The van der Waals surface area contributed by atoms with Gasteiger partial charge in [0.25, 0.3) is 5.95 Å². The summed E-state index contributed by atoms with van der Waals surface area (Å²) in [6.45, 7) is 0.495. The van der Waals surface area contributed by atoms with E-state index in [1.807, 2.05) is 12.1 Å². The maximum absolute atomic E-state index is 11.8. The first-order valence-electron chi connectivity index (χ1n) is 5.60. The molecule has 94 valence electrons. The van der Waals surface area contributed by atoms with E-state index in [2.05, 4.69) is 26.0 Å². The minimum Gasteiger partial charge on any atom is -0.396 e. The zero-order valence-electron chi connectivity index (χ0n) is 9.45. The van der Waals surface area contributed by atoms with E-state index in [0.717, 1.165) is 4.47 Å². The second kappa shape index (κ2) is 4.33. The smallest absolute Gasteiger partial charge is 0.252 e. The Morgan fingerprint density at radius 2 is 2.39 bits per heavy atom. The van der Waals surface area contributed by atoms with Gasteiger partial charge in [-0.1, -0.05) is 15.9 Å². The number of hydrogen-bond donors (Lipinski definition) is 1. The van der Waals surface area contributed by atoms with Gasteiger partial charge in [0.05, 0.1) is 0 Å². The number of anilines is 1. The molecule has 0 aromatic carbocycles. The van der Waals surface area contributed by atoms with Crippen LogP contribution in [0.25, 0.3) is 5.65 Å². The lowest BCUT2D eigenvalue weighted by molar-refractivity contribution is -0.117. The van der Waals surface area contributed by atoms with Gasteiger partial charge < -0.3 is 5.11 Å². The quantitative estimate of drug-likeness (QED) is 0.892. The molecule has 2 aromatic rings. The van der Waals surface area contributed by atoms with Gasteiger partial charge in [-0.2, -0.15) is 4.98 Å². The normalized spacial score (nSPS) is 20.0. The average Bonchev–Trinajstić information content (AvgIpc) is 2.91. The lowest BCUT2D eigenvalue weighted by Gasteiger charge is -2.10. The number of aliphatic hydroxyl groups excluding tert-OH is 1. The lowest BCUT2D eigenvalue weighted by atomic mass is 10.1. The molecule has 0 bridgehead atoms. The van der Waals surface area contributed by atoms with Crippen molar-refractivity contribution in [2.24, 2.45) is 5.92 Å². The van der Waals surface area contributed by atoms with Gasteiger partial charge in [0.15, 0.2) is 5.65 Å². The zero-order valence-corrected chi connectivity index (χ0v) is 11.0. The fraction of sp³-hybridized carbons (Fsp3) is 0.364. The number of aromatic nitrogens is 3. The first kappa shape index (κ1) is 11.6. The van der Waals surface area contributed by atoms with E-state index in [0.29, 0.717) is 24.6 Å². The highest BCUT2D eigenvalue weighted by molar-refractivity contribution is 9.10. The van der Waals surface area contributed by atoms with Gasteiger partial charge in [-0.15, -0.1) is 5.10 Å². The van der Waals surface area contributed by atoms with Crippen LogP contribution in [-0.4, -0.2) is 38.8 Å². The zero-order chi connectivity index (χ0) is 12.7. The van der Waals surface area contributed by atoms with Crippen LogP contribution in [0.2, 0.25) is 0 Å². The molecule has 2 aromatic heterocycles. The fourth-order valence-corrected chi connectivity index (χ4v) is 2.38. The number of fused-ring (bicyclic) bond motifs is 1. The third-order valence-corrected chi connectivity index (χ3v) is 3.49. The van der Waals surface area contributed by atoms with Gasteiger partial charge in [-0.3, -0.25) is 9.69 Å². The molecule has 3 rings (SSSR count). The van der Waals surface area contributed by atoms with Crippen LogP contribution in [0.5, 0.6) is 0 Å². The average molecular weight is 311 g/mol. The highest BCUT2D eigenvalue weighted by Gasteiger charge is 2.32. The molecule has 1 fully saturated rings. The molecule has 1 atom stereocenters. The van der Waals surface area contributed by atoms with E-state index in [-0.39, 0.29) is 18.4 Å². The molecule has 18 heavy (non-hydrogen) atoms. The van der Waals surface area contributed by atoms with E-state index in [4.69, 9.17) is 5.11 Å². The lowest BCUT2D eigenvalue weighted by Crippen LogP contribution is -2.26. The first-order chi connectivity index (χ1) is 8.67. The van der Waals surface area contributed by atoms with Crippen LogP contribution < -0.4 is 4.90 Å². The van der Waals surface area contributed by atoms with Crippen LogP contribution in [0.4, 0.5) is 5.95 Å². The number of rotatable bonds is 2. The van der Waals surface area contributed by atoms with E-state index < -0.39 is 0 Å². The number of hydrogen-bond acceptors (Lipinski definition) is 4. The molecule has 1 amide bonds. The molecule has 6 nitrogen and oxygen atoms in total.